The monoisotopic (exact) mass is 404 g/mol. The first-order valence-electron chi connectivity index (χ1n) is 9.73. The minimum atomic E-state index is -0.576. The lowest BCUT2D eigenvalue weighted by Crippen LogP contribution is -2.16. The van der Waals surface area contributed by atoms with Gasteiger partial charge in [0.2, 0.25) is 0 Å². The number of ether oxygens (including phenoxy) is 3. The Kier molecular flexibility index (Phi) is 6.86. The average molecular weight is 404 g/mol. The quantitative estimate of drug-likeness (QED) is 0.286. The van der Waals surface area contributed by atoms with E-state index in [1.807, 2.05) is 50.2 Å². The van der Waals surface area contributed by atoms with Gasteiger partial charge in [0.05, 0.1) is 11.7 Å². The van der Waals surface area contributed by atoms with Crippen molar-refractivity contribution < 1.29 is 23.8 Å². The Bertz CT molecular complexity index is 1010. The summed E-state index contributed by atoms with van der Waals surface area (Å²) in [7, 11) is 0. The summed E-state index contributed by atoms with van der Waals surface area (Å²) < 4.78 is 17.3. The van der Waals surface area contributed by atoms with Gasteiger partial charge in [0.25, 0.3) is 0 Å². The summed E-state index contributed by atoms with van der Waals surface area (Å²) in [6.07, 6.45) is 0.531. The minimum absolute atomic E-state index is 0.170. The highest BCUT2D eigenvalue weighted by molar-refractivity contribution is 5.98. The fourth-order valence-electron chi connectivity index (χ4n) is 3.02. The molecule has 5 heteroatoms. The molecule has 30 heavy (non-hydrogen) atoms. The molecule has 3 aromatic rings. The SMILES string of the molecule is Cc1c(OC(C)C)c(C=O)cc(OCc2ccccc2)c1C(=O)Oc1ccccc1. The third kappa shape index (κ3) is 5.06. The van der Waals surface area contributed by atoms with Gasteiger partial charge in [-0.1, -0.05) is 48.5 Å². The van der Waals surface area contributed by atoms with Gasteiger partial charge in [-0.15, -0.1) is 0 Å². The van der Waals surface area contributed by atoms with Crippen LogP contribution in [0.3, 0.4) is 0 Å². The normalized spacial score (nSPS) is 10.5. The molecule has 0 fully saturated rings. The molecule has 0 bridgehead atoms. The molecule has 0 saturated heterocycles. The molecule has 0 unspecified atom stereocenters. The van der Waals surface area contributed by atoms with E-state index in [0.717, 1.165) is 5.56 Å². The molecular formula is C25H24O5. The summed E-state index contributed by atoms with van der Waals surface area (Å²) in [6, 6.07) is 19.9. The largest absolute Gasteiger partial charge is 0.490 e. The predicted molar refractivity (Wildman–Crippen MR) is 115 cm³/mol. The van der Waals surface area contributed by atoms with Crippen molar-refractivity contribution in [1.29, 1.82) is 0 Å². The van der Waals surface area contributed by atoms with Crippen LogP contribution in [0.15, 0.2) is 66.7 Å². The van der Waals surface area contributed by atoms with E-state index in [0.29, 0.717) is 28.9 Å². The summed E-state index contributed by atoms with van der Waals surface area (Å²) in [5.41, 5.74) is 1.99. The van der Waals surface area contributed by atoms with Gasteiger partial charge < -0.3 is 14.2 Å². The zero-order chi connectivity index (χ0) is 21.5. The van der Waals surface area contributed by atoms with E-state index in [4.69, 9.17) is 14.2 Å². The molecule has 0 heterocycles. The topological polar surface area (TPSA) is 61.8 Å². The number of hydrogen-bond donors (Lipinski definition) is 0. The van der Waals surface area contributed by atoms with Crippen LogP contribution in [0.5, 0.6) is 17.2 Å². The van der Waals surface area contributed by atoms with Gasteiger partial charge in [-0.25, -0.2) is 4.79 Å². The minimum Gasteiger partial charge on any atom is -0.490 e. The molecule has 0 aliphatic heterocycles. The van der Waals surface area contributed by atoms with Crippen molar-refractivity contribution in [3.05, 3.63) is 89.0 Å². The lowest BCUT2D eigenvalue weighted by Gasteiger charge is -2.20. The lowest BCUT2D eigenvalue weighted by molar-refractivity contribution is 0.0727. The standard InChI is InChI=1S/C25H24O5/c1-17(2)29-24-18(3)23(25(27)30-21-12-8-5-9-13-21)22(14-20(24)15-26)28-16-19-10-6-4-7-11-19/h4-15,17H,16H2,1-3H3. The van der Waals surface area contributed by atoms with Crippen LogP contribution in [-0.4, -0.2) is 18.4 Å². The van der Waals surface area contributed by atoms with Crippen molar-refractivity contribution in [2.75, 3.05) is 0 Å². The first kappa shape index (κ1) is 21.1. The lowest BCUT2D eigenvalue weighted by atomic mass is 10.0. The predicted octanol–water partition coefficient (Wildman–Crippen LogP) is 5.39. The molecule has 0 radical (unpaired) electrons. The number of aldehydes is 1. The molecule has 0 aromatic heterocycles. The maximum absolute atomic E-state index is 13.1. The van der Waals surface area contributed by atoms with Crippen LogP contribution < -0.4 is 14.2 Å². The zero-order valence-electron chi connectivity index (χ0n) is 17.3. The van der Waals surface area contributed by atoms with E-state index < -0.39 is 5.97 Å². The van der Waals surface area contributed by atoms with Crippen molar-refractivity contribution in [2.24, 2.45) is 0 Å². The zero-order valence-corrected chi connectivity index (χ0v) is 17.3. The van der Waals surface area contributed by atoms with Gasteiger partial charge >= 0.3 is 5.97 Å². The molecule has 0 atom stereocenters. The second kappa shape index (κ2) is 9.74. The first-order valence-corrected chi connectivity index (χ1v) is 9.73. The number of hydrogen-bond acceptors (Lipinski definition) is 5. The molecule has 5 nitrogen and oxygen atoms in total. The van der Waals surface area contributed by atoms with Gasteiger partial charge in [0.1, 0.15) is 29.4 Å². The van der Waals surface area contributed by atoms with Gasteiger partial charge in [0.15, 0.2) is 6.29 Å². The Morgan fingerprint density at radius 3 is 2.23 bits per heavy atom. The van der Waals surface area contributed by atoms with Crippen LogP contribution in [0.2, 0.25) is 0 Å². The van der Waals surface area contributed by atoms with Crippen LogP contribution in [0, 0.1) is 6.92 Å². The molecule has 0 amide bonds. The molecule has 0 spiro atoms. The van der Waals surface area contributed by atoms with E-state index in [1.54, 1.807) is 31.2 Å². The third-order valence-corrected chi connectivity index (χ3v) is 4.39. The van der Waals surface area contributed by atoms with Crippen molar-refractivity contribution in [3.63, 3.8) is 0 Å². The summed E-state index contributed by atoms with van der Waals surface area (Å²) in [6.45, 7) is 5.68. The van der Waals surface area contributed by atoms with Gasteiger partial charge in [-0.3, -0.25) is 4.79 Å². The summed E-state index contributed by atoms with van der Waals surface area (Å²) >= 11 is 0. The maximum Gasteiger partial charge on any atom is 0.347 e. The molecule has 3 aromatic carbocycles. The molecule has 3 rings (SSSR count). The van der Waals surface area contributed by atoms with E-state index in [1.165, 1.54) is 6.07 Å². The fraction of sp³-hybridized carbons (Fsp3) is 0.200. The van der Waals surface area contributed by atoms with Crippen LogP contribution in [0.1, 0.15) is 45.7 Å². The van der Waals surface area contributed by atoms with Crippen molar-refractivity contribution in [1.82, 2.24) is 0 Å². The highest BCUT2D eigenvalue weighted by Crippen LogP contribution is 2.35. The van der Waals surface area contributed by atoms with Crippen molar-refractivity contribution >= 4 is 12.3 Å². The number of rotatable bonds is 8. The number of carbonyl (C=O) groups excluding carboxylic acids is 2. The highest BCUT2D eigenvalue weighted by atomic mass is 16.5. The number of esters is 1. The second-order valence-electron chi connectivity index (χ2n) is 7.05. The molecule has 0 aliphatic carbocycles. The van der Waals surface area contributed by atoms with Crippen LogP contribution >= 0.6 is 0 Å². The molecular weight excluding hydrogens is 380 g/mol. The third-order valence-electron chi connectivity index (χ3n) is 4.39. The Morgan fingerprint density at radius 2 is 1.63 bits per heavy atom. The van der Waals surface area contributed by atoms with E-state index in [2.05, 4.69) is 0 Å². The van der Waals surface area contributed by atoms with Gasteiger partial charge in [0, 0.05) is 5.56 Å². The molecule has 154 valence electrons. The Morgan fingerprint density at radius 1 is 1.00 bits per heavy atom. The first-order chi connectivity index (χ1) is 14.5. The van der Waals surface area contributed by atoms with Crippen LogP contribution in [0.4, 0.5) is 0 Å². The Labute approximate surface area is 176 Å². The van der Waals surface area contributed by atoms with Crippen LogP contribution in [-0.2, 0) is 6.61 Å². The molecule has 0 saturated carbocycles. The highest BCUT2D eigenvalue weighted by Gasteiger charge is 2.25. The maximum atomic E-state index is 13.1. The van der Waals surface area contributed by atoms with Crippen molar-refractivity contribution in [2.45, 2.75) is 33.5 Å². The smallest absolute Gasteiger partial charge is 0.347 e. The number of para-hydroxylation sites is 1. The molecule has 0 aliphatic rings. The van der Waals surface area contributed by atoms with E-state index in [-0.39, 0.29) is 24.0 Å². The molecule has 0 N–H and O–H groups in total. The Balaban J connectivity index is 2.02. The number of benzene rings is 3. The summed E-state index contributed by atoms with van der Waals surface area (Å²) in [4.78, 5) is 24.8. The summed E-state index contributed by atoms with van der Waals surface area (Å²) in [5, 5.41) is 0. The van der Waals surface area contributed by atoms with Gasteiger partial charge in [-0.2, -0.15) is 0 Å². The second-order valence-corrected chi connectivity index (χ2v) is 7.05. The summed E-state index contributed by atoms with van der Waals surface area (Å²) in [5.74, 6) is 0.470. The number of carbonyl (C=O) groups is 2. The Hall–Kier alpha value is -3.60. The van der Waals surface area contributed by atoms with Crippen LogP contribution in [0.25, 0.3) is 0 Å². The fourth-order valence-corrected chi connectivity index (χ4v) is 3.02. The average Bonchev–Trinajstić information content (AvgIpc) is 2.74. The van der Waals surface area contributed by atoms with Gasteiger partial charge in [-0.05, 0) is 44.5 Å². The van der Waals surface area contributed by atoms with E-state index in [9.17, 15) is 9.59 Å². The van der Waals surface area contributed by atoms with Crippen molar-refractivity contribution in [3.8, 4) is 17.2 Å². The van der Waals surface area contributed by atoms with E-state index >= 15 is 0 Å².